The molecule has 518 valence electrons. The number of carboxylic acids is 5. The molecule has 5 aromatic carbocycles. The molecular weight excluding hydrogens is 1180 g/mol. The van der Waals surface area contributed by atoms with E-state index in [-0.39, 0.29) is 54.3 Å². The molecule has 7 unspecified atom stereocenters. The Morgan fingerprint density at radius 1 is 0.290 bits per heavy atom. The fourth-order valence-electron chi connectivity index (χ4n) is 9.28. The van der Waals surface area contributed by atoms with Crippen molar-refractivity contribution in [1.29, 1.82) is 0 Å². The zero-order valence-electron chi connectivity index (χ0n) is 58.4. The van der Waals surface area contributed by atoms with Gasteiger partial charge >= 0.3 is 29.8 Å². The van der Waals surface area contributed by atoms with Crippen LogP contribution in [0.1, 0.15) is 198 Å². The first-order valence-electron chi connectivity index (χ1n) is 33.8. The average Bonchev–Trinajstić information content (AvgIpc) is 3.57. The van der Waals surface area contributed by atoms with Crippen LogP contribution in [0.2, 0.25) is 0 Å². The third-order valence-corrected chi connectivity index (χ3v) is 16.2. The summed E-state index contributed by atoms with van der Waals surface area (Å²) in [5.41, 5.74) is 6.14. The van der Waals surface area contributed by atoms with Crippen molar-refractivity contribution in [2.75, 3.05) is 33.0 Å². The highest BCUT2D eigenvalue weighted by atomic mass is 16.5. The number of carbonyl (C=O) groups is 5. The molecule has 5 N–H and O–H groups in total. The quantitative estimate of drug-likeness (QED) is 0.0229. The number of hydrogen-bond donors (Lipinski definition) is 5. The Morgan fingerprint density at radius 2 is 0.516 bits per heavy atom. The second-order valence-corrected chi connectivity index (χ2v) is 25.3. The zero-order chi connectivity index (χ0) is 69.3. The molecule has 0 saturated carbocycles. The van der Waals surface area contributed by atoms with Crippen molar-refractivity contribution in [2.24, 2.45) is 41.4 Å². The summed E-state index contributed by atoms with van der Waals surface area (Å²) in [6.45, 7) is 27.0. The van der Waals surface area contributed by atoms with E-state index < -0.39 is 29.8 Å². The molecular formula is C78H116O15. The molecule has 0 radical (unpaired) electrons. The third kappa shape index (κ3) is 45.4. The lowest BCUT2D eigenvalue weighted by Crippen LogP contribution is -2.18. The molecule has 0 aliphatic rings. The second-order valence-electron chi connectivity index (χ2n) is 25.3. The van der Waals surface area contributed by atoms with Crippen molar-refractivity contribution in [3.05, 3.63) is 149 Å². The molecule has 93 heavy (non-hydrogen) atoms. The van der Waals surface area contributed by atoms with Crippen LogP contribution >= 0.6 is 0 Å². The van der Waals surface area contributed by atoms with Crippen LogP contribution in [-0.2, 0) is 24.0 Å². The van der Waals surface area contributed by atoms with Crippen molar-refractivity contribution in [1.82, 2.24) is 0 Å². The topological polar surface area (TPSA) is 233 Å². The van der Waals surface area contributed by atoms with Gasteiger partial charge in [-0.25, -0.2) is 0 Å². The number of benzene rings is 5. The Morgan fingerprint density at radius 3 is 0.796 bits per heavy atom. The second kappa shape index (κ2) is 50.9. The predicted octanol–water partition coefficient (Wildman–Crippen LogP) is 19.2. The molecule has 0 amide bonds. The van der Waals surface area contributed by atoms with Gasteiger partial charge in [0.1, 0.15) is 28.7 Å². The molecule has 0 fully saturated rings. The Balaban J connectivity index is 0.000000581. The minimum atomic E-state index is -0.720. The van der Waals surface area contributed by atoms with Crippen LogP contribution in [-0.4, -0.2) is 88.4 Å². The summed E-state index contributed by atoms with van der Waals surface area (Å²) < 4.78 is 28.1. The first kappa shape index (κ1) is 83.5. The van der Waals surface area contributed by atoms with Crippen LogP contribution < -0.4 is 23.7 Å². The number of unbranched alkanes of at least 4 members (excludes halogenated alkanes) is 7. The van der Waals surface area contributed by atoms with E-state index in [9.17, 15) is 24.0 Å². The maximum atomic E-state index is 10.8. The largest absolute Gasteiger partial charge is 0.494 e. The van der Waals surface area contributed by atoms with E-state index in [1.807, 2.05) is 163 Å². The first-order chi connectivity index (χ1) is 44.2. The summed E-state index contributed by atoms with van der Waals surface area (Å²) in [5.74, 6) is 1.15. The van der Waals surface area contributed by atoms with Crippen LogP contribution in [0.25, 0.3) is 0 Å². The van der Waals surface area contributed by atoms with Crippen molar-refractivity contribution >= 4 is 29.8 Å². The third-order valence-electron chi connectivity index (χ3n) is 16.2. The number of hydrogen-bond acceptors (Lipinski definition) is 10. The highest BCUT2D eigenvalue weighted by Gasteiger charge is 2.20. The molecule has 15 heteroatoms. The summed E-state index contributed by atoms with van der Waals surface area (Å²) in [5, 5.41) is 43.8. The van der Waals surface area contributed by atoms with Gasteiger partial charge in [0.15, 0.2) is 0 Å². The van der Waals surface area contributed by atoms with Crippen LogP contribution in [0.4, 0.5) is 0 Å². The van der Waals surface area contributed by atoms with E-state index >= 15 is 0 Å². The molecule has 0 aliphatic carbocycles. The molecule has 5 rings (SSSR count). The SMILES string of the molecule is Cc1ccc(OCCCC(C)C(C)C(=O)O)cc1.Cc1ccc(OCCCCC(C)C(C)C(=O)O)cc1.Cc1ccc(OCCCCC(C)CC(=O)O)cc1.Cc1ccc(OCCCCCC(C)CC(=O)O)cc1.Cc1ccc(OCCCCCCC(C)C(=O)O)cc1. The van der Waals surface area contributed by atoms with Gasteiger partial charge < -0.3 is 49.2 Å². The smallest absolute Gasteiger partial charge is 0.306 e. The lowest BCUT2D eigenvalue weighted by molar-refractivity contribution is -0.143. The van der Waals surface area contributed by atoms with E-state index in [2.05, 4.69) is 20.8 Å². The van der Waals surface area contributed by atoms with Crippen LogP contribution in [0.15, 0.2) is 121 Å². The highest BCUT2D eigenvalue weighted by Crippen LogP contribution is 2.22. The molecule has 0 saturated heterocycles. The van der Waals surface area contributed by atoms with Gasteiger partial charge in [0.05, 0.1) is 50.8 Å². The number of aliphatic carboxylic acids is 5. The molecule has 5 aromatic rings. The Kier molecular flexibility index (Phi) is 45.7. The van der Waals surface area contributed by atoms with Crippen LogP contribution in [0.3, 0.4) is 0 Å². The molecule has 0 heterocycles. The summed E-state index contributed by atoms with van der Waals surface area (Å²) in [6.07, 6.45) is 17.3. The minimum absolute atomic E-state index is 0.184. The Labute approximate surface area is 558 Å². The molecule has 7 atom stereocenters. The lowest BCUT2D eigenvalue weighted by Gasteiger charge is -2.15. The number of ether oxygens (including phenoxy) is 5. The number of rotatable bonds is 41. The molecule has 0 bridgehead atoms. The van der Waals surface area contributed by atoms with Gasteiger partial charge in [-0.2, -0.15) is 0 Å². The van der Waals surface area contributed by atoms with E-state index in [4.69, 9.17) is 49.2 Å². The Hall–Kier alpha value is -7.55. The van der Waals surface area contributed by atoms with Gasteiger partial charge in [-0.15, -0.1) is 0 Å². The minimum Gasteiger partial charge on any atom is -0.494 e. The van der Waals surface area contributed by atoms with E-state index in [0.29, 0.717) is 19.8 Å². The fourth-order valence-corrected chi connectivity index (χ4v) is 9.28. The van der Waals surface area contributed by atoms with Gasteiger partial charge in [-0.1, -0.05) is 182 Å². The van der Waals surface area contributed by atoms with Gasteiger partial charge in [-0.3, -0.25) is 24.0 Å². The standard InChI is InChI=1S/3C16H24O3.2C15H22O3/c1-12-7-9-15(10-8-12)19-11-5-4-6-13(2)14(3)16(17)18;1-13-7-9-15(10-8-13)19-11-5-3-4-6-14(2)12-16(17)18;1-13-8-10-15(11-9-13)19-12-6-4-3-5-7-14(2)16(17)18;1-11-6-8-14(9-7-11)18-10-4-5-12(2)13(3)15(16)17;1-12-6-8-14(9-7-12)18-10-4-3-5-13(2)11-15(16)17/h7-10,13-14H,4-6,11H2,1-3H3,(H,17,18);7-10,14H,3-6,11-12H2,1-2H3,(H,17,18);8-11,14H,3-7,12H2,1-2H3,(H,17,18);6-9,12-13H,4-5,10H2,1-3H3,(H,16,17);6-9,13H,3-5,10-11H2,1-2H3,(H,16,17). The summed E-state index contributed by atoms with van der Waals surface area (Å²) in [6, 6.07) is 40.1. The molecule has 0 aromatic heterocycles. The highest BCUT2D eigenvalue weighted by molar-refractivity contribution is 5.70. The van der Waals surface area contributed by atoms with Crippen LogP contribution in [0.5, 0.6) is 28.7 Å². The summed E-state index contributed by atoms with van der Waals surface area (Å²) >= 11 is 0. The van der Waals surface area contributed by atoms with Crippen molar-refractivity contribution < 1.29 is 73.2 Å². The predicted molar refractivity (Wildman–Crippen MR) is 373 cm³/mol. The summed E-state index contributed by atoms with van der Waals surface area (Å²) in [7, 11) is 0. The maximum absolute atomic E-state index is 10.8. The Bertz CT molecular complexity index is 2730. The number of aryl methyl sites for hydroxylation is 5. The van der Waals surface area contributed by atoms with Crippen molar-refractivity contribution in [3.8, 4) is 28.7 Å². The van der Waals surface area contributed by atoms with Crippen LogP contribution in [0, 0.1) is 76.0 Å². The van der Waals surface area contributed by atoms with Gasteiger partial charge in [0.2, 0.25) is 0 Å². The van der Waals surface area contributed by atoms with Crippen molar-refractivity contribution in [3.63, 3.8) is 0 Å². The summed E-state index contributed by atoms with van der Waals surface area (Å²) in [4.78, 5) is 53.2. The lowest BCUT2D eigenvalue weighted by atomic mass is 9.91. The monoisotopic (exact) mass is 1290 g/mol. The molecule has 15 nitrogen and oxygen atoms in total. The molecule has 0 spiro atoms. The van der Waals surface area contributed by atoms with E-state index in [1.165, 1.54) is 27.8 Å². The van der Waals surface area contributed by atoms with Gasteiger partial charge in [0, 0.05) is 12.8 Å². The number of carboxylic acid groups (broad SMARTS) is 5. The maximum Gasteiger partial charge on any atom is 0.306 e. The van der Waals surface area contributed by atoms with E-state index in [0.717, 1.165) is 151 Å². The molecule has 0 aliphatic heterocycles. The van der Waals surface area contributed by atoms with E-state index in [1.54, 1.807) is 20.8 Å². The average molecular weight is 1290 g/mol. The van der Waals surface area contributed by atoms with Gasteiger partial charge in [0.25, 0.3) is 0 Å². The fraction of sp³-hybridized carbons (Fsp3) is 0.551. The normalized spacial score (nSPS) is 12.8. The van der Waals surface area contributed by atoms with Gasteiger partial charge in [-0.05, 0) is 183 Å². The zero-order valence-corrected chi connectivity index (χ0v) is 58.4. The first-order valence-corrected chi connectivity index (χ1v) is 33.8. The van der Waals surface area contributed by atoms with Crippen molar-refractivity contribution in [2.45, 2.75) is 205 Å².